The molecule has 7 heteroatoms. The van der Waals surface area contributed by atoms with Gasteiger partial charge in [0.2, 0.25) is 11.6 Å². The zero-order valence-electron chi connectivity index (χ0n) is 13.9. The maximum atomic E-state index is 12.6. The van der Waals surface area contributed by atoms with Crippen LogP contribution in [0.15, 0.2) is 16.5 Å². The number of hydrogen-bond donors (Lipinski definition) is 0. The Morgan fingerprint density at radius 2 is 2.12 bits per heavy atom. The Morgan fingerprint density at radius 3 is 2.96 bits per heavy atom. The molecule has 4 rings (SSSR count). The number of aryl methyl sites for hydroxylation is 1. The number of nitrogens with zero attached hydrogens (tertiary/aromatic N) is 4. The van der Waals surface area contributed by atoms with Crippen LogP contribution in [-0.2, 0) is 9.53 Å². The van der Waals surface area contributed by atoms with Crippen molar-refractivity contribution >= 4 is 23.2 Å². The second-order valence-corrected chi connectivity index (χ2v) is 6.50. The quantitative estimate of drug-likeness (QED) is 0.833. The molecule has 2 aliphatic heterocycles. The lowest BCUT2D eigenvalue weighted by molar-refractivity contribution is -0.135. The van der Waals surface area contributed by atoms with E-state index in [1.165, 1.54) is 0 Å². The fourth-order valence-corrected chi connectivity index (χ4v) is 3.35. The van der Waals surface area contributed by atoms with Gasteiger partial charge in [0, 0.05) is 38.5 Å². The second-order valence-electron chi connectivity index (χ2n) is 6.50. The standard InChI is InChI=1S/C17H22N4O3/c1-12-3-4-14-15(18-12)19-17(24-14)21-7-2-6-20(8-9-21)16(22)13-5-10-23-11-13/h3-4,13H,2,5-11H2,1H3. The topological polar surface area (TPSA) is 71.7 Å². The number of ether oxygens (including phenoxy) is 1. The Kier molecular flexibility index (Phi) is 4.10. The predicted octanol–water partition coefficient (Wildman–Crippen LogP) is 1.61. The number of anilines is 1. The monoisotopic (exact) mass is 330 g/mol. The third-order valence-corrected chi connectivity index (χ3v) is 4.74. The Labute approximate surface area is 140 Å². The number of carbonyl (C=O) groups excluding carboxylic acids is 1. The summed E-state index contributed by atoms with van der Waals surface area (Å²) in [6.07, 6.45) is 1.75. The van der Waals surface area contributed by atoms with Crippen molar-refractivity contribution in [1.29, 1.82) is 0 Å². The molecular formula is C17H22N4O3. The van der Waals surface area contributed by atoms with Gasteiger partial charge in [-0.05, 0) is 31.9 Å². The molecule has 2 aromatic heterocycles. The molecule has 1 amide bonds. The summed E-state index contributed by atoms with van der Waals surface area (Å²) in [5.41, 5.74) is 2.27. The van der Waals surface area contributed by atoms with Gasteiger partial charge in [-0.25, -0.2) is 4.98 Å². The number of carbonyl (C=O) groups is 1. The molecule has 7 nitrogen and oxygen atoms in total. The van der Waals surface area contributed by atoms with Gasteiger partial charge in [-0.15, -0.1) is 0 Å². The minimum Gasteiger partial charge on any atom is -0.422 e. The van der Waals surface area contributed by atoms with E-state index in [4.69, 9.17) is 9.15 Å². The molecule has 0 aliphatic carbocycles. The summed E-state index contributed by atoms with van der Waals surface area (Å²) in [5.74, 6) is 0.261. The van der Waals surface area contributed by atoms with Crippen LogP contribution in [0.25, 0.3) is 11.2 Å². The molecule has 1 atom stereocenters. The number of rotatable bonds is 2. The number of oxazole rings is 1. The normalized spacial score (nSPS) is 22.1. The highest BCUT2D eigenvalue weighted by molar-refractivity contribution is 5.79. The van der Waals surface area contributed by atoms with Crippen LogP contribution in [-0.4, -0.2) is 60.2 Å². The average Bonchev–Trinajstić information content (AvgIpc) is 3.18. The number of amides is 1. The van der Waals surface area contributed by atoms with E-state index in [-0.39, 0.29) is 11.8 Å². The number of hydrogen-bond acceptors (Lipinski definition) is 6. The lowest BCUT2D eigenvalue weighted by Crippen LogP contribution is -2.39. The first-order valence-corrected chi connectivity index (χ1v) is 8.56. The summed E-state index contributed by atoms with van der Waals surface area (Å²) in [4.78, 5) is 25.5. The van der Waals surface area contributed by atoms with Crippen LogP contribution in [0.3, 0.4) is 0 Å². The van der Waals surface area contributed by atoms with E-state index in [1.807, 2.05) is 24.0 Å². The third-order valence-electron chi connectivity index (χ3n) is 4.74. The molecule has 4 heterocycles. The highest BCUT2D eigenvalue weighted by Crippen LogP contribution is 2.23. The van der Waals surface area contributed by atoms with Crippen LogP contribution in [0.5, 0.6) is 0 Å². The van der Waals surface area contributed by atoms with Crippen molar-refractivity contribution in [1.82, 2.24) is 14.9 Å². The largest absolute Gasteiger partial charge is 0.422 e. The van der Waals surface area contributed by atoms with Gasteiger partial charge < -0.3 is 19.0 Å². The molecule has 0 radical (unpaired) electrons. The van der Waals surface area contributed by atoms with Crippen molar-refractivity contribution in [2.24, 2.45) is 5.92 Å². The average molecular weight is 330 g/mol. The fraction of sp³-hybridized carbons (Fsp3) is 0.588. The van der Waals surface area contributed by atoms with E-state index in [2.05, 4.69) is 14.9 Å². The van der Waals surface area contributed by atoms with Crippen molar-refractivity contribution < 1.29 is 13.9 Å². The number of aromatic nitrogens is 2. The Hall–Kier alpha value is -2.15. The lowest BCUT2D eigenvalue weighted by Gasteiger charge is -2.23. The molecule has 0 saturated carbocycles. The molecule has 128 valence electrons. The molecule has 1 unspecified atom stereocenters. The van der Waals surface area contributed by atoms with Gasteiger partial charge in [0.05, 0.1) is 12.5 Å². The van der Waals surface area contributed by atoms with Crippen LogP contribution in [0.2, 0.25) is 0 Å². The summed E-state index contributed by atoms with van der Waals surface area (Å²) >= 11 is 0. The third kappa shape index (κ3) is 2.96. The molecule has 0 bridgehead atoms. The molecule has 2 aliphatic rings. The summed E-state index contributed by atoms with van der Waals surface area (Å²) in [5, 5.41) is 0. The Morgan fingerprint density at radius 1 is 1.21 bits per heavy atom. The molecule has 0 aromatic carbocycles. The summed E-state index contributed by atoms with van der Waals surface area (Å²) in [6.45, 7) is 6.24. The van der Waals surface area contributed by atoms with Crippen LogP contribution in [0.4, 0.5) is 6.01 Å². The van der Waals surface area contributed by atoms with E-state index >= 15 is 0 Å². The van der Waals surface area contributed by atoms with Crippen molar-refractivity contribution in [3.05, 3.63) is 17.8 Å². The molecule has 2 fully saturated rings. The first-order chi connectivity index (χ1) is 11.7. The van der Waals surface area contributed by atoms with Gasteiger partial charge in [0.25, 0.3) is 6.01 Å². The van der Waals surface area contributed by atoms with Gasteiger partial charge in [0.1, 0.15) is 0 Å². The summed E-state index contributed by atoms with van der Waals surface area (Å²) in [7, 11) is 0. The maximum Gasteiger partial charge on any atom is 0.300 e. The van der Waals surface area contributed by atoms with Gasteiger partial charge in [-0.1, -0.05) is 0 Å². The van der Waals surface area contributed by atoms with E-state index in [9.17, 15) is 4.79 Å². The van der Waals surface area contributed by atoms with Crippen LogP contribution < -0.4 is 4.90 Å². The predicted molar refractivity (Wildman–Crippen MR) is 88.9 cm³/mol. The van der Waals surface area contributed by atoms with Crippen LogP contribution in [0.1, 0.15) is 18.5 Å². The zero-order chi connectivity index (χ0) is 16.5. The number of fused-ring (bicyclic) bond motifs is 1. The van der Waals surface area contributed by atoms with Crippen LogP contribution in [0, 0.1) is 12.8 Å². The molecule has 2 saturated heterocycles. The van der Waals surface area contributed by atoms with Gasteiger partial charge >= 0.3 is 0 Å². The second kappa shape index (κ2) is 6.39. The first-order valence-electron chi connectivity index (χ1n) is 8.56. The van der Waals surface area contributed by atoms with Gasteiger partial charge in [-0.3, -0.25) is 4.79 Å². The first kappa shape index (κ1) is 15.4. The molecule has 0 N–H and O–H groups in total. The number of pyridine rings is 1. The van der Waals surface area contributed by atoms with Crippen molar-refractivity contribution in [3.8, 4) is 0 Å². The maximum absolute atomic E-state index is 12.6. The zero-order valence-corrected chi connectivity index (χ0v) is 13.9. The van der Waals surface area contributed by atoms with Crippen molar-refractivity contribution in [2.75, 3.05) is 44.3 Å². The van der Waals surface area contributed by atoms with Gasteiger partial charge in [0.15, 0.2) is 5.58 Å². The minimum atomic E-state index is 0.0352. The Balaban J connectivity index is 1.46. The highest BCUT2D eigenvalue weighted by Gasteiger charge is 2.29. The Bertz CT molecular complexity index is 739. The van der Waals surface area contributed by atoms with Gasteiger partial charge in [-0.2, -0.15) is 4.98 Å². The van der Waals surface area contributed by atoms with E-state index in [0.717, 1.165) is 38.2 Å². The summed E-state index contributed by atoms with van der Waals surface area (Å²) < 4.78 is 11.2. The molecular weight excluding hydrogens is 308 g/mol. The molecule has 0 spiro atoms. The minimum absolute atomic E-state index is 0.0352. The fourth-order valence-electron chi connectivity index (χ4n) is 3.35. The van der Waals surface area contributed by atoms with Crippen LogP contribution >= 0.6 is 0 Å². The van der Waals surface area contributed by atoms with Crippen molar-refractivity contribution in [3.63, 3.8) is 0 Å². The smallest absolute Gasteiger partial charge is 0.300 e. The summed E-state index contributed by atoms with van der Waals surface area (Å²) in [6, 6.07) is 4.42. The lowest BCUT2D eigenvalue weighted by atomic mass is 10.1. The van der Waals surface area contributed by atoms with E-state index < -0.39 is 0 Å². The highest BCUT2D eigenvalue weighted by atomic mass is 16.5. The van der Waals surface area contributed by atoms with E-state index in [0.29, 0.717) is 37.0 Å². The molecule has 2 aromatic rings. The van der Waals surface area contributed by atoms with Crippen molar-refractivity contribution in [2.45, 2.75) is 19.8 Å². The molecule has 24 heavy (non-hydrogen) atoms. The van der Waals surface area contributed by atoms with E-state index in [1.54, 1.807) is 0 Å². The SMILES string of the molecule is Cc1ccc2oc(N3CCCN(C(=O)C4CCOC4)CC3)nc2n1.